The molecule has 0 radical (unpaired) electrons. The van der Waals surface area contributed by atoms with E-state index in [-0.39, 0.29) is 0 Å². The van der Waals surface area contributed by atoms with Gasteiger partial charge in [-0.3, -0.25) is 0 Å². The summed E-state index contributed by atoms with van der Waals surface area (Å²) in [4.78, 5) is 2.38. The second-order valence-electron chi connectivity index (χ2n) is 6.56. The van der Waals surface area contributed by atoms with Crippen molar-refractivity contribution in [3.8, 4) is 0 Å². The van der Waals surface area contributed by atoms with Gasteiger partial charge in [0.05, 0.1) is 4.75 Å². The number of nitrogens with zero attached hydrogens (tertiary/aromatic N) is 2. The zero-order valence-corrected chi connectivity index (χ0v) is 14.1. The Kier molecular flexibility index (Phi) is 6.91. The van der Waals surface area contributed by atoms with Gasteiger partial charge in [-0.1, -0.05) is 6.42 Å². The quantitative estimate of drug-likeness (QED) is 0.750. The molecule has 2 N–H and O–H groups in total. The SMILES string of the molecule is CC(C)(C)S(=O)(=O)N1CCCN(CCCCCN)CC1. The van der Waals surface area contributed by atoms with Crippen LogP contribution in [0.15, 0.2) is 0 Å². The molecule has 0 amide bonds. The molecular weight excluding hydrogens is 274 g/mol. The molecule has 0 aromatic rings. The first-order valence-electron chi connectivity index (χ1n) is 7.71. The van der Waals surface area contributed by atoms with Crippen molar-refractivity contribution in [2.24, 2.45) is 5.73 Å². The van der Waals surface area contributed by atoms with Crippen LogP contribution in [0.25, 0.3) is 0 Å². The van der Waals surface area contributed by atoms with Gasteiger partial charge in [-0.2, -0.15) is 0 Å². The van der Waals surface area contributed by atoms with Crippen LogP contribution in [0.4, 0.5) is 0 Å². The van der Waals surface area contributed by atoms with Crippen LogP contribution in [-0.2, 0) is 10.0 Å². The Hall–Kier alpha value is -0.170. The summed E-state index contributed by atoms with van der Waals surface area (Å²) in [5, 5.41) is 0. The van der Waals surface area contributed by atoms with Crippen molar-refractivity contribution in [3.63, 3.8) is 0 Å². The van der Waals surface area contributed by atoms with Gasteiger partial charge in [-0.05, 0) is 59.7 Å². The highest BCUT2D eigenvalue weighted by molar-refractivity contribution is 7.90. The van der Waals surface area contributed by atoms with Gasteiger partial charge < -0.3 is 10.6 Å². The summed E-state index contributed by atoms with van der Waals surface area (Å²) in [7, 11) is -3.19. The predicted octanol–water partition coefficient (Wildman–Crippen LogP) is 1.25. The number of hydrogen-bond donors (Lipinski definition) is 1. The first-order valence-corrected chi connectivity index (χ1v) is 9.15. The molecule has 1 heterocycles. The summed E-state index contributed by atoms with van der Waals surface area (Å²) in [6.07, 6.45) is 4.32. The fourth-order valence-electron chi connectivity index (χ4n) is 2.46. The number of hydrogen-bond acceptors (Lipinski definition) is 4. The molecule has 0 bridgehead atoms. The molecule has 1 fully saturated rings. The highest BCUT2D eigenvalue weighted by Crippen LogP contribution is 2.21. The summed E-state index contributed by atoms with van der Waals surface area (Å²) in [5.74, 6) is 0. The van der Waals surface area contributed by atoms with Gasteiger partial charge in [0.1, 0.15) is 0 Å². The molecule has 0 atom stereocenters. The number of sulfonamides is 1. The van der Waals surface area contributed by atoms with Crippen LogP contribution in [0.1, 0.15) is 46.5 Å². The third-order valence-electron chi connectivity index (χ3n) is 3.84. The molecule has 0 aromatic heterocycles. The zero-order valence-electron chi connectivity index (χ0n) is 13.3. The molecule has 1 aliphatic heterocycles. The standard InChI is InChI=1S/C14H31N3O2S/c1-14(2,3)20(18,19)17-11-7-10-16(12-13-17)9-6-4-5-8-15/h4-13,15H2,1-3H3. The van der Waals surface area contributed by atoms with Crippen molar-refractivity contribution in [2.75, 3.05) is 39.3 Å². The summed E-state index contributed by atoms with van der Waals surface area (Å²) in [6.45, 7) is 10.3. The Bertz CT molecular complexity index is 376. The third-order valence-corrected chi connectivity index (χ3v) is 6.43. The number of rotatable bonds is 6. The molecule has 1 aliphatic rings. The minimum absolute atomic E-state index is 0.622. The van der Waals surface area contributed by atoms with E-state index in [4.69, 9.17) is 5.73 Å². The lowest BCUT2D eigenvalue weighted by atomic mass is 10.2. The molecule has 0 saturated carbocycles. The van der Waals surface area contributed by atoms with E-state index in [1.54, 1.807) is 25.1 Å². The second kappa shape index (κ2) is 7.73. The zero-order chi connectivity index (χ0) is 15.2. The largest absolute Gasteiger partial charge is 0.330 e. The minimum Gasteiger partial charge on any atom is -0.330 e. The van der Waals surface area contributed by atoms with E-state index in [1.165, 1.54) is 0 Å². The highest BCUT2D eigenvalue weighted by Gasteiger charge is 2.35. The summed E-state index contributed by atoms with van der Waals surface area (Å²) in [5.41, 5.74) is 5.49. The first kappa shape index (κ1) is 17.9. The Morgan fingerprint density at radius 1 is 1.00 bits per heavy atom. The van der Waals surface area contributed by atoms with Crippen LogP contribution in [0, 0.1) is 0 Å². The Balaban J connectivity index is 2.47. The van der Waals surface area contributed by atoms with Crippen LogP contribution >= 0.6 is 0 Å². The molecule has 120 valence electrons. The van der Waals surface area contributed by atoms with Gasteiger partial charge in [-0.25, -0.2) is 12.7 Å². The monoisotopic (exact) mass is 305 g/mol. The second-order valence-corrected chi connectivity index (χ2v) is 9.25. The number of nitrogens with two attached hydrogens (primary N) is 1. The van der Waals surface area contributed by atoms with E-state index in [0.29, 0.717) is 13.1 Å². The summed E-state index contributed by atoms with van der Waals surface area (Å²) >= 11 is 0. The van der Waals surface area contributed by atoms with Crippen molar-refractivity contribution < 1.29 is 8.42 Å². The van der Waals surface area contributed by atoms with Crippen molar-refractivity contribution in [1.29, 1.82) is 0 Å². The van der Waals surface area contributed by atoms with Crippen LogP contribution in [0.2, 0.25) is 0 Å². The maximum Gasteiger partial charge on any atom is 0.219 e. The Morgan fingerprint density at radius 3 is 2.30 bits per heavy atom. The topological polar surface area (TPSA) is 66.6 Å². The van der Waals surface area contributed by atoms with Gasteiger partial charge in [0, 0.05) is 19.6 Å². The van der Waals surface area contributed by atoms with Gasteiger partial charge in [0.25, 0.3) is 0 Å². The lowest BCUT2D eigenvalue weighted by molar-refractivity contribution is 0.279. The Labute approximate surface area is 124 Å². The molecule has 6 heteroatoms. The highest BCUT2D eigenvalue weighted by atomic mass is 32.2. The van der Waals surface area contributed by atoms with Gasteiger partial charge in [-0.15, -0.1) is 0 Å². The molecule has 20 heavy (non-hydrogen) atoms. The van der Waals surface area contributed by atoms with E-state index in [0.717, 1.165) is 51.9 Å². The summed E-state index contributed by atoms with van der Waals surface area (Å²) < 4.78 is 25.9. The van der Waals surface area contributed by atoms with Gasteiger partial charge in [0.2, 0.25) is 10.0 Å². The molecule has 1 saturated heterocycles. The van der Waals surface area contributed by atoms with Crippen LogP contribution in [0.5, 0.6) is 0 Å². The van der Waals surface area contributed by atoms with E-state index < -0.39 is 14.8 Å². The normalized spacial score (nSPS) is 20.0. The fraction of sp³-hybridized carbons (Fsp3) is 1.00. The maximum atomic E-state index is 12.5. The average Bonchev–Trinajstić information content (AvgIpc) is 2.59. The van der Waals surface area contributed by atoms with Gasteiger partial charge in [0.15, 0.2) is 0 Å². The Morgan fingerprint density at radius 2 is 1.70 bits per heavy atom. The molecule has 5 nitrogen and oxygen atoms in total. The third kappa shape index (κ3) is 4.98. The van der Waals surface area contributed by atoms with Crippen molar-refractivity contribution in [3.05, 3.63) is 0 Å². The minimum atomic E-state index is -3.19. The average molecular weight is 305 g/mol. The van der Waals surface area contributed by atoms with Crippen LogP contribution in [0.3, 0.4) is 0 Å². The van der Waals surface area contributed by atoms with E-state index in [9.17, 15) is 8.42 Å². The molecule has 1 rings (SSSR count). The maximum absolute atomic E-state index is 12.5. The molecular formula is C14H31N3O2S. The molecule has 0 unspecified atom stereocenters. The van der Waals surface area contributed by atoms with E-state index in [1.807, 2.05) is 0 Å². The number of unbranched alkanes of at least 4 members (excludes halogenated alkanes) is 2. The smallest absolute Gasteiger partial charge is 0.219 e. The fourth-order valence-corrected chi connectivity index (χ4v) is 3.92. The van der Waals surface area contributed by atoms with Crippen LogP contribution in [-0.4, -0.2) is 61.6 Å². The lowest BCUT2D eigenvalue weighted by Gasteiger charge is -2.29. The molecule has 0 aliphatic carbocycles. The van der Waals surface area contributed by atoms with Crippen molar-refractivity contribution in [1.82, 2.24) is 9.21 Å². The first-order chi connectivity index (χ1) is 9.29. The molecule has 0 aromatic carbocycles. The van der Waals surface area contributed by atoms with Crippen molar-refractivity contribution >= 4 is 10.0 Å². The lowest BCUT2D eigenvalue weighted by Crippen LogP contribution is -2.44. The predicted molar refractivity (Wildman–Crippen MR) is 84.2 cm³/mol. The van der Waals surface area contributed by atoms with Crippen LogP contribution < -0.4 is 5.73 Å². The summed E-state index contributed by atoms with van der Waals surface area (Å²) in [6, 6.07) is 0. The van der Waals surface area contributed by atoms with Gasteiger partial charge >= 0.3 is 0 Å². The van der Waals surface area contributed by atoms with Crippen molar-refractivity contribution in [2.45, 2.75) is 51.2 Å². The van der Waals surface area contributed by atoms with E-state index >= 15 is 0 Å². The van der Waals surface area contributed by atoms with E-state index in [2.05, 4.69) is 4.90 Å². The molecule has 0 spiro atoms.